The molecule has 6 nitrogen and oxygen atoms in total. The first kappa shape index (κ1) is 11.9. The molecule has 0 spiro atoms. The number of urea groups is 1. The highest BCUT2D eigenvalue weighted by molar-refractivity contribution is 6.01. The van der Waals surface area contributed by atoms with Crippen LogP contribution in [-0.2, 0) is 11.3 Å². The summed E-state index contributed by atoms with van der Waals surface area (Å²) in [7, 11) is 1.47. The van der Waals surface area contributed by atoms with Gasteiger partial charge in [-0.15, -0.1) is 0 Å². The first-order valence-electron chi connectivity index (χ1n) is 5.31. The molecule has 1 fully saturated rings. The molecular weight excluding hydrogens is 234 g/mol. The molecular formula is C12H11N3O3. The number of amides is 3. The fourth-order valence-corrected chi connectivity index (χ4v) is 1.72. The van der Waals surface area contributed by atoms with Crippen LogP contribution in [0.2, 0.25) is 0 Å². The van der Waals surface area contributed by atoms with Crippen LogP contribution in [0.5, 0.6) is 5.75 Å². The van der Waals surface area contributed by atoms with Crippen LogP contribution < -0.4 is 10.1 Å². The maximum Gasteiger partial charge on any atom is 0.324 e. The third-order valence-electron chi connectivity index (χ3n) is 2.66. The molecule has 1 saturated heterocycles. The molecule has 0 radical (unpaired) electrons. The molecule has 3 amide bonds. The van der Waals surface area contributed by atoms with Gasteiger partial charge in [0.25, 0.3) is 0 Å². The van der Waals surface area contributed by atoms with E-state index in [1.54, 1.807) is 18.2 Å². The van der Waals surface area contributed by atoms with E-state index in [0.29, 0.717) is 11.3 Å². The average Bonchev–Trinajstić information content (AvgIpc) is 2.70. The number of hydrogen-bond acceptors (Lipinski definition) is 4. The molecule has 1 heterocycles. The van der Waals surface area contributed by atoms with Gasteiger partial charge in [0, 0.05) is 0 Å². The lowest BCUT2D eigenvalue weighted by Gasteiger charge is -2.13. The molecule has 92 valence electrons. The Balaban J connectivity index is 2.22. The topological polar surface area (TPSA) is 82.4 Å². The Morgan fingerprint density at radius 3 is 2.83 bits per heavy atom. The molecule has 0 unspecified atom stereocenters. The summed E-state index contributed by atoms with van der Waals surface area (Å²) in [4.78, 5) is 23.9. The molecule has 1 N–H and O–H groups in total. The number of imide groups is 1. The highest BCUT2D eigenvalue weighted by Gasteiger charge is 2.28. The molecule has 18 heavy (non-hydrogen) atoms. The number of carbonyl (C=O) groups is 2. The summed E-state index contributed by atoms with van der Waals surface area (Å²) in [6, 6.07) is 6.55. The van der Waals surface area contributed by atoms with Crippen LogP contribution in [0, 0.1) is 11.3 Å². The minimum absolute atomic E-state index is 0.0340. The number of benzene rings is 1. The van der Waals surface area contributed by atoms with Gasteiger partial charge in [-0.25, -0.2) is 4.79 Å². The van der Waals surface area contributed by atoms with E-state index < -0.39 is 6.03 Å². The molecule has 1 aliphatic rings. The third kappa shape index (κ3) is 2.11. The predicted octanol–water partition coefficient (Wildman–Crippen LogP) is 0.619. The molecule has 0 saturated carbocycles. The van der Waals surface area contributed by atoms with Gasteiger partial charge in [-0.3, -0.25) is 9.69 Å². The van der Waals surface area contributed by atoms with E-state index in [0.717, 1.165) is 10.5 Å². The SMILES string of the molecule is COc1cc(CN2C(=O)CNC2=O)ccc1C#N. The largest absolute Gasteiger partial charge is 0.495 e. The van der Waals surface area contributed by atoms with E-state index in [-0.39, 0.29) is 19.0 Å². The highest BCUT2D eigenvalue weighted by Crippen LogP contribution is 2.20. The third-order valence-corrected chi connectivity index (χ3v) is 2.66. The van der Waals surface area contributed by atoms with Gasteiger partial charge in [0.05, 0.1) is 25.8 Å². The fraction of sp³-hybridized carbons (Fsp3) is 0.250. The molecule has 0 bridgehead atoms. The lowest BCUT2D eigenvalue weighted by Crippen LogP contribution is -2.30. The van der Waals surface area contributed by atoms with Crippen LogP contribution in [0.15, 0.2) is 18.2 Å². The monoisotopic (exact) mass is 245 g/mol. The number of rotatable bonds is 3. The summed E-state index contributed by atoms with van der Waals surface area (Å²) in [5.41, 5.74) is 1.15. The minimum Gasteiger partial charge on any atom is -0.495 e. The highest BCUT2D eigenvalue weighted by atomic mass is 16.5. The van der Waals surface area contributed by atoms with Gasteiger partial charge in [0.1, 0.15) is 11.8 Å². The lowest BCUT2D eigenvalue weighted by atomic mass is 10.1. The average molecular weight is 245 g/mol. The Morgan fingerprint density at radius 2 is 2.28 bits per heavy atom. The minimum atomic E-state index is -0.400. The molecule has 0 aliphatic carbocycles. The molecule has 1 aliphatic heterocycles. The second-order valence-corrected chi connectivity index (χ2v) is 3.79. The van der Waals surface area contributed by atoms with Gasteiger partial charge in [-0.05, 0) is 17.7 Å². The molecule has 1 aromatic rings. The molecule has 1 aromatic carbocycles. The number of nitriles is 1. The van der Waals surface area contributed by atoms with Gasteiger partial charge < -0.3 is 10.1 Å². The number of carbonyl (C=O) groups excluding carboxylic acids is 2. The zero-order valence-corrected chi connectivity index (χ0v) is 9.77. The van der Waals surface area contributed by atoms with E-state index in [4.69, 9.17) is 10.00 Å². The van der Waals surface area contributed by atoms with Gasteiger partial charge in [0.15, 0.2) is 0 Å². The maximum absolute atomic E-state index is 11.4. The van der Waals surface area contributed by atoms with E-state index in [9.17, 15) is 9.59 Å². The maximum atomic E-state index is 11.4. The first-order valence-corrected chi connectivity index (χ1v) is 5.31. The number of hydrogen-bond donors (Lipinski definition) is 1. The van der Waals surface area contributed by atoms with Crippen molar-refractivity contribution in [3.63, 3.8) is 0 Å². The van der Waals surface area contributed by atoms with E-state index in [1.165, 1.54) is 7.11 Å². The van der Waals surface area contributed by atoms with Gasteiger partial charge in [-0.2, -0.15) is 5.26 Å². The van der Waals surface area contributed by atoms with Crippen LogP contribution in [0.1, 0.15) is 11.1 Å². The van der Waals surface area contributed by atoms with Crippen LogP contribution in [0.25, 0.3) is 0 Å². The van der Waals surface area contributed by atoms with E-state index in [1.807, 2.05) is 6.07 Å². The zero-order chi connectivity index (χ0) is 13.1. The van der Waals surface area contributed by atoms with Gasteiger partial charge >= 0.3 is 6.03 Å². The predicted molar refractivity (Wildman–Crippen MR) is 61.7 cm³/mol. The van der Waals surface area contributed by atoms with Crippen molar-refractivity contribution in [2.45, 2.75) is 6.54 Å². The zero-order valence-electron chi connectivity index (χ0n) is 9.77. The summed E-state index contributed by atoms with van der Waals surface area (Å²) >= 11 is 0. The number of nitrogens with one attached hydrogen (secondary N) is 1. The van der Waals surface area contributed by atoms with Gasteiger partial charge in [-0.1, -0.05) is 6.07 Å². The first-order chi connectivity index (χ1) is 8.65. The number of methoxy groups -OCH3 is 1. The molecule has 0 atom stereocenters. The Bertz CT molecular complexity index is 532. The summed E-state index contributed by atoms with van der Waals surface area (Å²) in [6.45, 7) is 0.207. The van der Waals surface area contributed by atoms with Crippen molar-refractivity contribution in [2.24, 2.45) is 0 Å². The van der Waals surface area contributed by atoms with Crippen molar-refractivity contribution in [1.29, 1.82) is 5.26 Å². The second-order valence-electron chi connectivity index (χ2n) is 3.79. The quantitative estimate of drug-likeness (QED) is 0.791. The van der Waals surface area contributed by atoms with Crippen LogP contribution in [0.4, 0.5) is 4.79 Å². The van der Waals surface area contributed by atoms with Crippen LogP contribution in [-0.4, -0.2) is 30.5 Å². The fourth-order valence-electron chi connectivity index (χ4n) is 1.72. The molecule has 0 aromatic heterocycles. The Morgan fingerprint density at radius 1 is 1.50 bits per heavy atom. The van der Waals surface area contributed by atoms with Gasteiger partial charge in [0.2, 0.25) is 5.91 Å². The summed E-state index contributed by atoms with van der Waals surface area (Å²) in [5.74, 6) is 0.172. The van der Waals surface area contributed by atoms with E-state index >= 15 is 0 Å². The smallest absolute Gasteiger partial charge is 0.324 e. The summed E-state index contributed by atoms with van der Waals surface area (Å²) < 4.78 is 5.07. The van der Waals surface area contributed by atoms with Crippen molar-refractivity contribution in [3.8, 4) is 11.8 Å². The van der Waals surface area contributed by atoms with Crippen molar-refractivity contribution in [2.75, 3.05) is 13.7 Å². The summed E-state index contributed by atoms with van der Waals surface area (Å²) in [5, 5.41) is 11.3. The Hall–Kier alpha value is -2.55. The van der Waals surface area contributed by atoms with Crippen LogP contribution in [0.3, 0.4) is 0 Å². The van der Waals surface area contributed by atoms with Crippen molar-refractivity contribution in [1.82, 2.24) is 10.2 Å². The number of nitrogens with zero attached hydrogens (tertiary/aromatic N) is 2. The number of ether oxygens (including phenoxy) is 1. The lowest BCUT2D eigenvalue weighted by molar-refractivity contribution is -0.125. The Kier molecular flexibility index (Phi) is 3.15. The van der Waals surface area contributed by atoms with Crippen molar-refractivity contribution >= 4 is 11.9 Å². The Labute approximate surface area is 104 Å². The molecule has 2 rings (SSSR count). The summed E-state index contributed by atoms with van der Waals surface area (Å²) in [6.07, 6.45) is 0. The second kappa shape index (κ2) is 4.75. The van der Waals surface area contributed by atoms with Crippen molar-refractivity contribution < 1.29 is 14.3 Å². The van der Waals surface area contributed by atoms with Crippen molar-refractivity contribution in [3.05, 3.63) is 29.3 Å². The normalized spacial score (nSPS) is 14.3. The van der Waals surface area contributed by atoms with E-state index in [2.05, 4.69) is 5.32 Å². The van der Waals surface area contributed by atoms with Crippen LogP contribution >= 0.6 is 0 Å². The standard InChI is InChI=1S/C12H11N3O3/c1-18-10-4-8(2-3-9(10)5-13)7-15-11(16)6-14-12(15)17/h2-4H,6-7H2,1H3,(H,14,17). The molecule has 6 heteroatoms.